The molecule has 0 fully saturated rings. The van der Waals surface area contributed by atoms with Crippen LogP contribution in [0.25, 0.3) is 0 Å². The van der Waals surface area contributed by atoms with Crippen molar-refractivity contribution >= 4 is 23.2 Å². The van der Waals surface area contributed by atoms with E-state index in [9.17, 15) is 8.78 Å². The Morgan fingerprint density at radius 1 is 1.11 bits per heavy atom. The first-order valence-electron chi connectivity index (χ1n) is 5.45. The normalized spacial score (nSPS) is 12.3. The van der Waals surface area contributed by atoms with Crippen LogP contribution < -0.4 is 4.74 Å². The Balaban J connectivity index is 2.38. The molecule has 0 bridgehead atoms. The molecule has 5 heteroatoms. The highest BCUT2D eigenvalue weighted by Gasteiger charge is 2.17. The van der Waals surface area contributed by atoms with Gasteiger partial charge in [0.15, 0.2) is 0 Å². The van der Waals surface area contributed by atoms with Gasteiger partial charge in [0.1, 0.15) is 17.4 Å². The van der Waals surface area contributed by atoms with Crippen LogP contribution in [0.15, 0.2) is 36.4 Å². The van der Waals surface area contributed by atoms with Crippen LogP contribution in [0.1, 0.15) is 16.5 Å². The molecule has 0 aliphatic heterocycles. The molecule has 0 aliphatic rings. The molecule has 1 nitrogen and oxygen atoms in total. The number of methoxy groups -OCH3 is 1. The summed E-state index contributed by atoms with van der Waals surface area (Å²) in [4.78, 5) is 0. The molecule has 0 saturated heterocycles. The van der Waals surface area contributed by atoms with Crippen molar-refractivity contribution < 1.29 is 13.5 Å². The highest BCUT2D eigenvalue weighted by atomic mass is 35.5. The van der Waals surface area contributed by atoms with E-state index in [0.29, 0.717) is 16.3 Å². The lowest BCUT2D eigenvalue weighted by molar-refractivity contribution is 0.415. The van der Waals surface area contributed by atoms with Crippen LogP contribution in [-0.4, -0.2) is 7.11 Å². The maximum Gasteiger partial charge on any atom is 0.137 e. The Bertz CT molecular complexity index is 602. The van der Waals surface area contributed by atoms with Crippen LogP contribution >= 0.6 is 23.2 Å². The summed E-state index contributed by atoms with van der Waals surface area (Å²) < 4.78 is 31.5. The fraction of sp³-hybridized carbons (Fsp3) is 0.143. The van der Waals surface area contributed by atoms with Gasteiger partial charge in [0.25, 0.3) is 0 Å². The minimum absolute atomic E-state index is 0.198. The molecule has 1 atom stereocenters. The highest BCUT2D eigenvalue weighted by molar-refractivity contribution is 6.32. The summed E-state index contributed by atoms with van der Waals surface area (Å²) in [6.45, 7) is 0. The second-order valence-electron chi connectivity index (χ2n) is 3.92. The Kier molecular flexibility index (Phi) is 4.27. The van der Waals surface area contributed by atoms with Crippen LogP contribution in [0.2, 0.25) is 5.02 Å². The van der Waals surface area contributed by atoms with Gasteiger partial charge in [0.2, 0.25) is 0 Å². The number of halogens is 4. The highest BCUT2D eigenvalue weighted by Crippen LogP contribution is 2.35. The van der Waals surface area contributed by atoms with E-state index in [1.165, 1.54) is 19.2 Å². The summed E-state index contributed by atoms with van der Waals surface area (Å²) in [6.07, 6.45) is 0. The first-order valence-corrected chi connectivity index (χ1v) is 6.27. The first-order chi connectivity index (χ1) is 9.02. The van der Waals surface area contributed by atoms with Crippen LogP contribution in [0.3, 0.4) is 0 Å². The third kappa shape index (κ3) is 2.99. The maximum absolute atomic E-state index is 13.7. The van der Waals surface area contributed by atoms with E-state index < -0.39 is 17.0 Å². The van der Waals surface area contributed by atoms with Gasteiger partial charge in [-0.2, -0.15) is 0 Å². The quantitative estimate of drug-likeness (QED) is 0.729. The van der Waals surface area contributed by atoms with Gasteiger partial charge in [-0.25, -0.2) is 8.78 Å². The topological polar surface area (TPSA) is 9.23 Å². The smallest absolute Gasteiger partial charge is 0.137 e. The van der Waals surface area contributed by atoms with Crippen molar-refractivity contribution in [1.82, 2.24) is 0 Å². The minimum atomic E-state index is -0.746. The second-order valence-corrected chi connectivity index (χ2v) is 4.77. The van der Waals surface area contributed by atoms with Crippen molar-refractivity contribution in [2.24, 2.45) is 0 Å². The molecule has 2 aromatic carbocycles. The van der Waals surface area contributed by atoms with E-state index in [4.69, 9.17) is 27.9 Å². The lowest BCUT2D eigenvalue weighted by Gasteiger charge is -2.13. The number of rotatable bonds is 3. The third-order valence-electron chi connectivity index (χ3n) is 2.70. The van der Waals surface area contributed by atoms with E-state index in [0.717, 1.165) is 6.07 Å². The van der Waals surface area contributed by atoms with Gasteiger partial charge in [-0.05, 0) is 23.8 Å². The fourth-order valence-corrected chi connectivity index (χ4v) is 2.31. The molecule has 0 aromatic heterocycles. The predicted octanol–water partition coefficient (Wildman–Crippen LogP) is 4.96. The van der Waals surface area contributed by atoms with Gasteiger partial charge in [-0.15, -0.1) is 11.6 Å². The molecular weight excluding hydrogens is 293 g/mol. The van der Waals surface area contributed by atoms with Gasteiger partial charge in [-0.1, -0.05) is 23.7 Å². The largest absolute Gasteiger partial charge is 0.495 e. The molecule has 19 heavy (non-hydrogen) atoms. The predicted molar refractivity (Wildman–Crippen MR) is 72.1 cm³/mol. The number of ether oxygens (including phenoxy) is 1. The van der Waals surface area contributed by atoms with Crippen molar-refractivity contribution in [2.45, 2.75) is 5.38 Å². The minimum Gasteiger partial charge on any atom is -0.495 e. The van der Waals surface area contributed by atoms with Crippen LogP contribution in [0.4, 0.5) is 8.78 Å². The Labute approximate surface area is 119 Å². The Morgan fingerprint density at radius 3 is 2.42 bits per heavy atom. The van der Waals surface area contributed by atoms with Gasteiger partial charge in [0.05, 0.1) is 17.5 Å². The molecule has 0 radical (unpaired) electrons. The fourth-order valence-electron chi connectivity index (χ4n) is 1.73. The Hall–Kier alpha value is -1.32. The maximum atomic E-state index is 13.7. The molecule has 2 rings (SSSR count). The molecular formula is C14H10Cl2F2O. The number of benzene rings is 2. The van der Waals surface area contributed by atoms with E-state index in [1.807, 2.05) is 0 Å². The zero-order valence-corrected chi connectivity index (χ0v) is 11.5. The second kappa shape index (κ2) is 5.76. The zero-order valence-electron chi connectivity index (χ0n) is 9.96. The molecule has 0 N–H and O–H groups in total. The monoisotopic (exact) mass is 302 g/mol. The van der Waals surface area contributed by atoms with E-state index in [2.05, 4.69) is 0 Å². The Morgan fingerprint density at radius 2 is 1.84 bits per heavy atom. The lowest BCUT2D eigenvalue weighted by atomic mass is 10.0. The number of hydrogen-bond acceptors (Lipinski definition) is 1. The molecule has 100 valence electrons. The lowest BCUT2D eigenvalue weighted by Crippen LogP contribution is -1.98. The van der Waals surface area contributed by atoms with E-state index >= 15 is 0 Å². The molecule has 0 aliphatic carbocycles. The first kappa shape index (κ1) is 14.1. The van der Waals surface area contributed by atoms with Gasteiger partial charge >= 0.3 is 0 Å². The van der Waals surface area contributed by atoms with Crippen LogP contribution in [-0.2, 0) is 0 Å². The average molecular weight is 303 g/mol. The van der Waals surface area contributed by atoms with Crippen molar-refractivity contribution in [3.63, 3.8) is 0 Å². The molecule has 2 aromatic rings. The van der Waals surface area contributed by atoms with E-state index in [1.54, 1.807) is 18.2 Å². The van der Waals surface area contributed by atoms with Crippen molar-refractivity contribution in [1.29, 1.82) is 0 Å². The average Bonchev–Trinajstić information content (AvgIpc) is 2.38. The van der Waals surface area contributed by atoms with Crippen molar-refractivity contribution in [3.8, 4) is 5.75 Å². The molecule has 0 saturated carbocycles. The summed E-state index contributed by atoms with van der Waals surface area (Å²) >= 11 is 12.2. The van der Waals surface area contributed by atoms with Crippen molar-refractivity contribution in [3.05, 3.63) is 64.2 Å². The summed E-state index contributed by atoms with van der Waals surface area (Å²) in [7, 11) is 1.50. The van der Waals surface area contributed by atoms with E-state index in [-0.39, 0.29) is 5.56 Å². The number of hydrogen-bond donors (Lipinski definition) is 0. The molecule has 1 unspecified atom stereocenters. The molecule has 0 amide bonds. The standard InChI is InChI=1S/C14H10Cl2F2O/c1-19-13-5-2-8(6-11(13)15)14(16)10-4-3-9(17)7-12(10)18/h2-7,14H,1H3. The SMILES string of the molecule is COc1ccc(C(Cl)c2ccc(F)cc2F)cc1Cl. The summed E-state index contributed by atoms with van der Waals surface area (Å²) in [5.41, 5.74) is 0.808. The zero-order chi connectivity index (χ0) is 14.0. The van der Waals surface area contributed by atoms with Crippen molar-refractivity contribution in [2.75, 3.05) is 7.11 Å². The van der Waals surface area contributed by atoms with Gasteiger partial charge in [-0.3, -0.25) is 0 Å². The molecule has 0 heterocycles. The van der Waals surface area contributed by atoms with Gasteiger partial charge in [0, 0.05) is 11.6 Å². The van der Waals surface area contributed by atoms with Gasteiger partial charge < -0.3 is 4.74 Å². The summed E-state index contributed by atoms with van der Waals surface area (Å²) in [5.74, 6) is -0.821. The summed E-state index contributed by atoms with van der Waals surface area (Å²) in [6, 6.07) is 8.22. The van der Waals surface area contributed by atoms with Crippen LogP contribution in [0.5, 0.6) is 5.75 Å². The number of alkyl halides is 1. The molecule has 0 spiro atoms. The van der Waals surface area contributed by atoms with Crippen LogP contribution in [0, 0.1) is 11.6 Å². The summed E-state index contributed by atoms with van der Waals surface area (Å²) in [5, 5.41) is -0.364. The third-order valence-corrected chi connectivity index (χ3v) is 3.49.